The maximum Gasteiger partial charge on any atom is 0.139 e. The van der Waals surface area contributed by atoms with Gasteiger partial charge >= 0.3 is 0 Å². The zero-order valence-corrected chi connectivity index (χ0v) is 26.5. The predicted octanol–water partition coefficient (Wildman–Crippen LogP) is 7.90. The monoisotopic (exact) mass is 577 g/mol. The Hall–Kier alpha value is -2.12. The summed E-state index contributed by atoms with van der Waals surface area (Å²) in [6, 6.07) is 25.9. The fraction of sp³-hybridized carbons (Fsp3) is 0.471. The van der Waals surface area contributed by atoms with Crippen molar-refractivity contribution in [1.82, 2.24) is 5.06 Å². The van der Waals surface area contributed by atoms with Crippen molar-refractivity contribution in [1.29, 1.82) is 0 Å². The number of benzene rings is 3. The molecule has 0 N–H and O–H groups in total. The molecule has 3 aromatic rings. The highest BCUT2D eigenvalue weighted by Crippen LogP contribution is 2.65. The van der Waals surface area contributed by atoms with Crippen LogP contribution in [0, 0.1) is 25.7 Å². The summed E-state index contributed by atoms with van der Waals surface area (Å²) in [7, 11) is -3.05. The van der Waals surface area contributed by atoms with Gasteiger partial charge in [0, 0.05) is 26.8 Å². The first-order chi connectivity index (χ1) is 18.9. The molecular formula is C34H43NO3S2. The lowest BCUT2D eigenvalue weighted by atomic mass is 9.82. The SMILES string of the molecule is Cc1ccc([S@](=O)C2([S@@](=O)c3ccc(C)cc3)[C@@H]([C@@H](ON3C(C)(C)CCCC3(C)C)c3ccccc3)[C@H]2C)cc1. The number of piperidine rings is 1. The van der Waals surface area contributed by atoms with Crippen LogP contribution in [0.2, 0.25) is 0 Å². The molecule has 5 rings (SSSR count). The molecular weight excluding hydrogens is 535 g/mol. The van der Waals surface area contributed by atoms with Crippen LogP contribution in [0.5, 0.6) is 0 Å². The highest BCUT2D eigenvalue weighted by molar-refractivity contribution is 8.05. The van der Waals surface area contributed by atoms with E-state index < -0.39 is 31.8 Å². The first-order valence-electron chi connectivity index (χ1n) is 14.4. The van der Waals surface area contributed by atoms with Crippen molar-refractivity contribution in [2.45, 2.75) is 98.8 Å². The lowest BCUT2D eigenvalue weighted by molar-refractivity contribution is -0.311. The van der Waals surface area contributed by atoms with Gasteiger partial charge in [-0.25, -0.2) is 0 Å². The van der Waals surface area contributed by atoms with Crippen LogP contribution in [0.4, 0.5) is 0 Å². The molecule has 2 aliphatic rings. The van der Waals surface area contributed by atoms with Gasteiger partial charge < -0.3 is 0 Å². The van der Waals surface area contributed by atoms with Crippen LogP contribution < -0.4 is 0 Å². The summed E-state index contributed by atoms with van der Waals surface area (Å²) in [5.41, 5.74) is 2.91. The zero-order chi connectivity index (χ0) is 28.9. The Balaban J connectivity index is 1.64. The van der Waals surface area contributed by atoms with Crippen molar-refractivity contribution in [3.8, 4) is 0 Å². The first kappa shape index (κ1) is 29.4. The Labute approximate surface area is 245 Å². The Kier molecular flexibility index (Phi) is 8.03. The minimum absolute atomic E-state index is 0.0991. The fourth-order valence-electron chi connectivity index (χ4n) is 6.70. The molecule has 0 radical (unpaired) electrons. The first-order valence-corrected chi connectivity index (χ1v) is 16.7. The fourth-order valence-corrected chi connectivity index (χ4v) is 11.3. The van der Waals surface area contributed by atoms with Crippen molar-refractivity contribution >= 4 is 21.6 Å². The quantitative estimate of drug-likeness (QED) is 0.273. The topological polar surface area (TPSA) is 46.6 Å². The van der Waals surface area contributed by atoms with E-state index in [1.165, 1.54) is 0 Å². The Morgan fingerprint density at radius 3 is 1.65 bits per heavy atom. The van der Waals surface area contributed by atoms with E-state index in [9.17, 15) is 8.42 Å². The molecule has 4 nitrogen and oxygen atoms in total. The van der Waals surface area contributed by atoms with Gasteiger partial charge in [-0.05, 0) is 96.6 Å². The van der Waals surface area contributed by atoms with Crippen LogP contribution in [0.1, 0.15) is 76.7 Å². The van der Waals surface area contributed by atoms with Gasteiger partial charge in [0.25, 0.3) is 0 Å². The predicted molar refractivity (Wildman–Crippen MR) is 165 cm³/mol. The van der Waals surface area contributed by atoms with Gasteiger partial charge in [0.15, 0.2) is 0 Å². The molecule has 0 amide bonds. The highest BCUT2D eigenvalue weighted by Gasteiger charge is 2.74. The number of hydrogen-bond acceptors (Lipinski definition) is 4. The molecule has 0 unspecified atom stereocenters. The van der Waals surface area contributed by atoms with Crippen molar-refractivity contribution in [2.24, 2.45) is 11.8 Å². The zero-order valence-electron chi connectivity index (χ0n) is 24.8. The van der Waals surface area contributed by atoms with E-state index in [0.717, 1.165) is 36.0 Å². The second kappa shape index (κ2) is 10.9. The summed E-state index contributed by atoms with van der Waals surface area (Å²) in [6.07, 6.45) is 2.83. The third kappa shape index (κ3) is 5.17. The van der Waals surface area contributed by atoms with Crippen LogP contribution in [-0.4, -0.2) is 28.6 Å². The highest BCUT2D eigenvalue weighted by atomic mass is 32.2. The smallest absolute Gasteiger partial charge is 0.139 e. The molecule has 2 fully saturated rings. The molecule has 1 saturated heterocycles. The Morgan fingerprint density at radius 2 is 1.20 bits per heavy atom. The molecule has 1 heterocycles. The summed E-state index contributed by atoms with van der Waals surface area (Å²) in [5.74, 6) is -0.314. The maximum absolute atomic E-state index is 14.7. The normalized spacial score (nSPS) is 25.6. The van der Waals surface area contributed by atoms with Crippen molar-refractivity contribution in [3.63, 3.8) is 0 Å². The van der Waals surface area contributed by atoms with Crippen molar-refractivity contribution in [3.05, 3.63) is 95.6 Å². The van der Waals surface area contributed by atoms with Gasteiger partial charge in [0.1, 0.15) is 10.2 Å². The molecule has 0 bridgehead atoms. The van der Waals surface area contributed by atoms with Gasteiger partial charge in [-0.15, -0.1) is 0 Å². The van der Waals surface area contributed by atoms with Crippen LogP contribution in [-0.2, 0) is 26.4 Å². The van der Waals surface area contributed by atoms with Gasteiger partial charge in [-0.2, -0.15) is 5.06 Å². The van der Waals surface area contributed by atoms with Crippen LogP contribution in [0.3, 0.4) is 0 Å². The molecule has 1 saturated carbocycles. The second-order valence-electron chi connectivity index (χ2n) is 12.9. The van der Waals surface area contributed by atoms with Gasteiger partial charge in [-0.1, -0.05) is 72.6 Å². The third-order valence-corrected chi connectivity index (χ3v) is 13.7. The Bertz CT molecular complexity index is 1310. The maximum atomic E-state index is 14.7. The largest absolute Gasteiger partial charge is 0.289 e. The van der Waals surface area contributed by atoms with E-state index in [-0.39, 0.29) is 22.9 Å². The van der Waals surface area contributed by atoms with Gasteiger partial charge in [0.05, 0.1) is 21.6 Å². The average Bonchev–Trinajstić information content (AvgIpc) is 3.53. The second-order valence-corrected chi connectivity index (χ2v) is 16.5. The number of nitrogens with zero attached hydrogens (tertiary/aromatic N) is 1. The Morgan fingerprint density at radius 1 is 0.750 bits per heavy atom. The average molecular weight is 578 g/mol. The van der Waals surface area contributed by atoms with E-state index >= 15 is 0 Å². The van der Waals surface area contributed by atoms with E-state index in [1.54, 1.807) is 0 Å². The standard InChI is InChI=1S/C34H43NO3S2/c1-24-14-18-28(19-15-24)39(36)34(40(37)29-20-16-25(2)17-21-29)26(3)30(34)31(27-12-9-8-10-13-27)38-35-32(4,5)22-11-23-33(35,6)7/h8-10,12-21,26,30-31H,11,22-23H2,1-7H3/t26-,30-,31+,39+,40+/m1/s1. The summed E-state index contributed by atoms with van der Waals surface area (Å²) in [5, 5.41) is 2.20. The molecule has 214 valence electrons. The molecule has 40 heavy (non-hydrogen) atoms. The lowest BCUT2D eigenvalue weighted by Crippen LogP contribution is -2.58. The van der Waals surface area contributed by atoms with E-state index in [1.807, 2.05) is 80.6 Å². The van der Waals surface area contributed by atoms with Gasteiger partial charge in [0.2, 0.25) is 0 Å². The number of aryl methyl sites for hydroxylation is 2. The van der Waals surface area contributed by atoms with Crippen LogP contribution >= 0.6 is 0 Å². The van der Waals surface area contributed by atoms with E-state index in [4.69, 9.17) is 4.84 Å². The number of rotatable bonds is 8. The molecule has 3 aromatic carbocycles. The van der Waals surface area contributed by atoms with E-state index in [2.05, 4.69) is 51.8 Å². The summed E-state index contributed by atoms with van der Waals surface area (Å²) in [4.78, 5) is 8.56. The van der Waals surface area contributed by atoms with Gasteiger partial charge in [-0.3, -0.25) is 13.3 Å². The summed E-state index contributed by atoms with van der Waals surface area (Å²) >= 11 is 0. The molecule has 1 aliphatic carbocycles. The van der Waals surface area contributed by atoms with Crippen molar-refractivity contribution in [2.75, 3.05) is 0 Å². The lowest BCUT2D eigenvalue weighted by Gasteiger charge is -2.52. The summed E-state index contributed by atoms with van der Waals surface area (Å²) in [6.45, 7) is 15.1. The molecule has 0 aromatic heterocycles. The molecule has 1 aliphatic heterocycles. The molecule has 0 spiro atoms. The van der Waals surface area contributed by atoms with Crippen LogP contribution in [0.25, 0.3) is 0 Å². The third-order valence-electron chi connectivity index (χ3n) is 8.93. The van der Waals surface area contributed by atoms with Crippen molar-refractivity contribution < 1.29 is 13.3 Å². The number of hydrogen-bond donors (Lipinski definition) is 0. The van der Waals surface area contributed by atoms with Crippen LogP contribution in [0.15, 0.2) is 88.7 Å². The molecule has 6 heteroatoms. The minimum atomic E-state index is -1.52. The number of hydroxylamine groups is 2. The summed E-state index contributed by atoms with van der Waals surface area (Å²) < 4.78 is 28.4. The minimum Gasteiger partial charge on any atom is -0.289 e. The molecule has 5 atom stereocenters. The van der Waals surface area contributed by atoms with E-state index in [0.29, 0.717) is 9.79 Å².